The fourth-order valence-electron chi connectivity index (χ4n) is 3.74. The Morgan fingerprint density at radius 1 is 1.16 bits per heavy atom. The van der Waals surface area contributed by atoms with E-state index in [0.29, 0.717) is 55.4 Å². The summed E-state index contributed by atoms with van der Waals surface area (Å²) in [5, 5.41) is 14.7. The van der Waals surface area contributed by atoms with E-state index in [0.717, 1.165) is 34.9 Å². The van der Waals surface area contributed by atoms with Gasteiger partial charge >= 0.3 is 0 Å². The molecule has 2 aliphatic rings. The van der Waals surface area contributed by atoms with Crippen molar-refractivity contribution in [1.29, 1.82) is 0 Å². The number of rotatable bonds is 5. The van der Waals surface area contributed by atoms with E-state index in [4.69, 9.17) is 9.15 Å². The van der Waals surface area contributed by atoms with Gasteiger partial charge in [0.05, 0.1) is 25.0 Å². The van der Waals surface area contributed by atoms with E-state index < -0.39 is 0 Å². The Labute approximate surface area is 177 Å². The number of nitrogens with one attached hydrogen (secondary N) is 3. The summed E-state index contributed by atoms with van der Waals surface area (Å²) in [5.41, 5.74) is 3.38. The highest BCUT2D eigenvalue weighted by molar-refractivity contribution is 6.05. The molecule has 1 amide bonds. The minimum Gasteiger partial charge on any atom is -0.459 e. The van der Waals surface area contributed by atoms with Crippen LogP contribution in [0.25, 0.3) is 22.0 Å². The van der Waals surface area contributed by atoms with Gasteiger partial charge in [0.25, 0.3) is 5.91 Å². The number of carbonyl (C=O) groups is 1. The first kappa shape index (κ1) is 18.1. The lowest BCUT2D eigenvalue weighted by Crippen LogP contribution is -2.40. The number of anilines is 3. The zero-order valence-electron chi connectivity index (χ0n) is 16.7. The Hall–Kier alpha value is -3.66. The lowest BCUT2D eigenvalue weighted by atomic mass is 10.1. The molecule has 1 aliphatic heterocycles. The third-order valence-electron chi connectivity index (χ3n) is 5.54. The highest BCUT2D eigenvalue weighted by atomic mass is 16.5. The van der Waals surface area contributed by atoms with E-state index in [1.165, 1.54) is 0 Å². The number of fused-ring (bicyclic) bond motifs is 2. The molecule has 4 aromatic rings. The summed E-state index contributed by atoms with van der Waals surface area (Å²) in [4.78, 5) is 23.7. The van der Waals surface area contributed by atoms with Crippen molar-refractivity contribution in [1.82, 2.24) is 25.1 Å². The largest absolute Gasteiger partial charge is 0.459 e. The molecule has 10 heteroatoms. The third-order valence-corrected chi connectivity index (χ3v) is 5.54. The van der Waals surface area contributed by atoms with E-state index in [1.807, 2.05) is 24.3 Å². The van der Waals surface area contributed by atoms with Gasteiger partial charge in [-0.1, -0.05) is 0 Å². The molecule has 0 atom stereocenters. The van der Waals surface area contributed by atoms with Crippen LogP contribution in [-0.4, -0.2) is 63.3 Å². The standard InChI is InChI=1S/C21H21N7O3/c29-20(28-6-9-30-10-7-28)17-14-4-3-13(11-16(14)26-27-17)23-21-24-15-5-8-31-18(15)19(25-21)22-12-1-2-12/h3-5,8,11-12H,1-2,6-7,9-10H2,(H,26,27)(H2,22,23,24,25). The summed E-state index contributed by atoms with van der Waals surface area (Å²) >= 11 is 0. The molecular formula is C21H21N7O3. The van der Waals surface area contributed by atoms with E-state index in [9.17, 15) is 4.79 Å². The smallest absolute Gasteiger partial charge is 0.275 e. The van der Waals surface area contributed by atoms with Crippen molar-refractivity contribution >= 4 is 45.4 Å². The zero-order valence-corrected chi connectivity index (χ0v) is 16.7. The van der Waals surface area contributed by atoms with E-state index in [1.54, 1.807) is 11.2 Å². The molecule has 0 radical (unpaired) electrons. The molecule has 0 bridgehead atoms. The van der Waals surface area contributed by atoms with Gasteiger partial charge in [-0.05, 0) is 31.0 Å². The fourth-order valence-corrected chi connectivity index (χ4v) is 3.74. The topological polar surface area (TPSA) is 121 Å². The maximum Gasteiger partial charge on any atom is 0.275 e. The molecule has 0 spiro atoms. The monoisotopic (exact) mass is 419 g/mol. The predicted octanol–water partition coefficient (Wildman–Crippen LogP) is 2.89. The van der Waals surface area contributed by atoms with Crippen molar-refractivity contribution in [3.05, 3.63) is 36.2 Å². The molecule has 10 nitrogen and oxygen atoms in total. The molecule has 3 aromatic heterocycles. The Morgan fingerprint density at radius 2 is 2.03 bits per heavy atom. The number of aromatic amines is 1. The van der Waals surface area contributed by atoms with Gasteiger partial charge in [0.2, 0.25) is 5.95 Å². The van der Waals surface area contributed by atoms with Crippen molar-refractivity contribution in [2.24, 2.45) is 0 Å². The van der Waals surface area contributed by atoms with Crippen LogP contribution in [-0.2, 0) is 4.74 Å². The summed E-state index contributed by atoms with van der Waals surface area (Å²) in [7, 11) is 0. The number of aromatic nitrogens is 4. The lowest BCUT2D eigenvalue weighted by Gasteiger charge is -2.26. The number of nitrogens with zero attached hydrogens (tertiary/aromatic N) is 4. The van der Waals surface area contributed by atoms with Crippen molar-refractivity contribution in [2.75, 3.05) is 36.9 Å². The molecule has 158 valence electrons. The molecule has 4 heterocycles. The molecule has 2 fully saturated rings. The zero-order chi connectivity index (χ0) is 20.8. The van der Waals surface area contributed by atoms with Gasteiger partial charge in [0, 0.05) is 36.3 Å². The summed E-state index contributed by atoms with van der Waals surface area (Å²) < 4.78 is 10.9. The Kier molecular flexibility index (Phi) is 4.23. The highest BCUT2D eigenvalue weighted by Gasteiger charge is 2.24. The molecular weight excluding hydrogens is 398 g/mol. The lowest BCUT2D eigenvalue weighted by molar-refractivity contribution is 0.0300. The number of H-pyrrole nitrogens is 1. The van der Waals surface area contributed by atoms with Crippen LogP contribution in [0.2, 0.25) is 0 Å². The number of morpholine rings is 1. The summed E-state index contributed by atoms with van der Waals surface area (Å²) in [6.45, 7) is 2.28. The van der Waals surface area contributed by atoms with Crippen LogP contribution in [0.4, 0.5) is 17.5 Å². The number of hydrogen-bond acceptors (Lipinski definition) is 8. The fraction of sp³-hybridized carbons (Fsp3) is 0.333. The Morgan fingerprint density at radius 3 is 2.87 bits per heavy atom. The Bertz CT molecular complexity index is 1270. The van der Waals surface area contributed by atoms with Crippen LogP contribution in [0, 0.1) is 0 Å². The second-order valence-corrected chi connectivity index (χ2v) is 7.81. The van der Waals surface area contributed by atoms with E-state index in [2.05, 4.69) is 30.8 Å². The maximum atomic E-state index is 12.8. The molecule has 3 N–H and O–H groups in total. The molecule has 1 aromatic carbocycles. The molecule has 6 rings (SSSR count). The van der Waals surface area contributed by atoms with Crippen molar-refractivity contribution in [2.45, 2.75) is 18.9 Å². The first-order valence-electron chi connectivity index (χ1n) is 10.4. The van der Waals surface area contributed by atoms with Crippen LogP contribution >= 0.6 is 0 Å². The summed E-state index contributed by atoms with van der Waals surface area (Å²) in [5.74, 6) is 1.08. The van der Waals surface area contributed by atoms with Crippen LogP contribution in [0.3, 0.4) is 0 Å². The van der Waals surface area contributed by atoms with Crippen molar-refractivity contribution in [3.63, 3.8) is 0 Å². The van der Waals surface area contributed by atoms with Crippen molar-refractivity contribution < 1.29 is 13.9 Å². The molecule has 1 saturated heterocycles. The molecule has 31 heavy (non-hydrogen) atoms. The Balaban J connectivity index is 1.28. The van der Waals surface area contributed by atoms with Crippen molar-refractivity contribution in [3.8, 4) is 0 Å². The van der Waals surface area contributed by atoms with E-state index >= 15 is 0 Å². The average Bonchev–Trinajstić information content (AvgIpc) is 3.31. The first-order chi connectivity index (χ1) is 15.2. The minimum absolute atomic E-state index is 0.0835. The van der Waals surface area contributed by atoms with Gasteiger partial charge in [-0.15, -0.1) is 0 Å². The number of carbonyl (C=O) groups excluding carboxylic acids is 1. The number of benzene rings is 1. The van der Waals surface area contributed by atoms with Crippen LogP contribution < -0.4 is 10.6 Å². The number of hydrogen-bond donors (Lipinski definition) is 3. The second-order valence-electron chi connectivity index (χ2n) is 7.81. The van der Waals surface area contributed by atoms with Crippen LogP contribution in [0.15, 0.2) is 34.9 Å². The van der Waals surface area contributed by atoms with Crippen LogP contribution in [0.1, 0.15) is 23.3 Å². The predicted molar refractivity (Wildman–Crippen MR) is 115 cm³/mol. The second kappa shape index (κ2) is 7.24. The molecule has 1 aliphatic carbocycles. The minimum atomic E-state index is -0.0835. The van der Waals surface area contributed by atoms with Gasteiger partial charge in [0.1, 0.15) is 5.52 Å². The molecule has 0 unspecified atom stereocenters. The number of amides is 1. The summed E-state index contributed by atoms with van der Waals surface area (Å²) in [6, 6.07) is 7.94. The van der Waals surface area contributed by atoms with Gasteiger partial charge in [-0.2, -0.15) is 10.1 Å². The van der Waals surface area contributed by atoms with Gasteiger partial charge in [0.15, 0.2) is 17.1 Å². The third kappa shape index (κ3) is 3.44. The average molecular weight is 419 g/mol. The quantitative estimate of drug-likeness (QED) is 0.451. The summed E-state index contributed by atoms with van der Waals surface area (Å²) in [6.07, 6.45) is 3.89. The first-order valence-corrected chi connectivity index (χ1v) is 10.4. The van der Waals surface area contributed by atoms with Crippen LogP contribution in [0.5, 0.6) is 0 Å². The SMILES string of the molecule is O=C(c1n[nH]c2cc(Nc3nc(NC4CC4)c4occc4n3)ccc12)N1CCOCC1. The van der Waals surface area contributed by atoms with Gasteiger partial charge in [-0.25, -0.2) is 4.98 Å². The highest BCUT2D eigenvalue weighted by Crippen LogP contribution is 2.30. The number of furan rings is 1. The normalized spacial score (nSPS) is 16.7. The molecule has 1 saturated carbocycles. The van der Waals surface area contributed by atoms with E-state index in [-0.39, 0.29) is 5.91 Å². The number of ether oxygens (including phenoxy) is 1. The van der Waals surface area contributed by atoms with Gasteiger partial charge < -0.3 is 24.7 Å². The maximum absolute atomic E-state index is 12.8. The van der Waals surface area contributed by atoms with Gasteiger partial charge in [-0.3, -0.25) is 9.89 Å².